The largest absolute Gasteiger partial charge is 0.478 e. The van der Waals surface area contributed by atoms with Gasteiger partial charge in [-0.2, -0.15) is 9.59 Å². The molecule has 1 N–H and O–H groups in total. The molecule has 13 heavy (non-hydrogen) atoms. The minimum absolute atomic E-state index is 0.250. The maximum absolute atomic E-state index is 10.4. The van der Waals surface area contributed by atoms with E-state index in [2.05, 4.69) is 0 Å². The van der Waals surface area contributed by atoms with Crippen LogP contribution < -0.4 is 0 Å². The van der Waals surface area contributed by atoms with Crippen LogP contribution in [0.25, 0.3) is 0 Å². The third-order valence-corrected chi connectivity index (χ3v) is 1.38. The second kappa shape index (κ2) is 5.69. The molecule has 0 spiro atoms. The molecule has 1 aromatic carbocycles. The molecule has 4 nitrogen and oxygen atoms in total. The maximum atomic E-state index is 10.4. The van der Waals surface area contributed by atoms with Crippen LogP contribution >= 0.6 is 0 Å². The van der Waals surface area contributed by atoms with Crippen LogP contribution in [0, 0.1) is 6.92 Å². The first-order chi connectivity index (χ1) is 6.13. The Kier molecular flexibility index (Phi) is 4.84. The Hall–Kier alpha value is -1.93. The molecule has 0 unspecified atom stereocenters. The second-order valence-electron chi connectivity index (χ2n) is 2.20. The first kappa shape index (κ1) is 11.1. The second-order valence-corrected chi connectivity index (χ2v) is 2.20. The summed E-state index contributed by atoms with van der Waals surface area (Å²) in [7, 11) is 0. The first-order valence-corrected chi connectivity index (χ1v) is 3.41. The van der Waals surface area contributed by atoms with Crippen molar-refractivity contribution >= 4 is 12.1 Å². The number of aromatic carboxylic acids is 1. The number of benzene rings is 1. The highest BCUT2D eigenvalue weighted by molar-refractivity contribution is 5.89. The molecule has 1 rings (SSSR count). The Morgan fingerprint density at radius 3 is 2.08 bits per heavy atom. The molecule has 0 radical (unpaired) electrons. The van der Waals surface area contributed by atoms with E-state index in [4.69, 9.17) is 14.7 Å². The number of carbonyl (C=O) groups excluding carboxylic acids is 2. The number of hydrogen-bond donors (Lipinski definition) is 1. The van der Waals surface area contributed by atoms with E-state index in [0.717, 1.165) is 5.56 Å². The fourth-order valence-corrected chi connectivity index (χ4v) is 0.813. The van der Waals surface area contributed by atoms with E-state index in [1.54, 1.807) is 25.1 Å². The minimum atomic E-state index is -0.863. The van der Waals surface area contributed by atoms with E-state index < -0.39 is 5.97 Å². The van der Waals surface area contributed by atoms with Crippen LogP contribution in [0.15, 0.2) is 24.3 Å². The molecule has 0 aliphatic carbocycles. The Morgan fingerprint density at radius 1 is 1.31 bits per heavy atom. The summed E-state index contributed by atoms with van der Waals surface area (Å²) >= 11 is 0. The maximum Gasteiger partial charge on any atom is 0.373 e. The Balaban J connectivity index is 0.000000424. The topological polar surface area (TPSA) is 71.4 Å². The lowest BCUT2D eigenvalue weighted by atomic mass is 10.1. The fourth-order valence-electron chi connectivity index (χ4n) is 0.813. The normalized spacial score (nSPS) is 7.77. The standard InChI is InChI=1S/C8H8O2.CO2/c1-6-4-2-3-5-7(6)8(9)10;2-1-3/h2-5H,1H3,(H,9,10);. The molecular formula is C9H8O4. The van der Waals surface area contributed by atoms with Crippen LogP contribution in [0.1, 0.15) is 15.9 Å². The molecule has 0 atom stereocenters. The average Bonchev–Trinajstić information content (AvgIpc) is 2.06. The molecule has 1 aromatic rings. The number of carboxylic acid groups (broad SMARTS) is 1. The van der Waals surface area contributed by atoms with Crippen LogP contribution in [0.4, 0.5) is 0 Å². The number of aryl methyl sites for hydroxylation is 1. The SMILES string of the molecule is Cc1ccccc1C(=O)O.O=C=O. The molecule has 68 valence electrons. The first-order valence-electron chi connectivity index (χ1n) is 3.41. The molecule has 0 saturated heterocycles. The van der Waals surface area contributed by atoms with Crippen molar-refractivity contribution < 1.29 is 19.5 Å². The third-order valence-electron chi connectivity index (χ3n) is 1.38. The predicted molar refractivity (Wildman–Crippen MR) is 43.1 cm³/mol. The molecule has 0 fully saturated rings. The average molecular weight is 180 g/mol. The monoisotopic (exact) mass is 180 g/mol. The quantitative estimate of drug-likeness (QED) is 0.702. The van der Waals surface area contributed by atoms with Crippen molar-refractivity contribution in [2.75, 3.05) is 0 Å². The van der Waals surface area contributed by atoms with Crippen molar-refractivity contribution in [2.45, 2.75) is 6.92 Å². The number of rotatable bonds is 1. The van der Waals surface area contributed by atoms with Gasteiger partial charge in [-0.05, 0) is 18.6 Å². The summed E-state index contributed by atoms with van der Waals surface area (Å²) in [5, 5.41) is 8.57. The van der Waals surface area contributed by atoms with E-state index in [1.807, 2.05) is 6.07 Å². The smallest absolute Gasteiger partial charge is 0.373 e. The Morgan fingerprint density at radius 2 is 1.77 bits per heavy atom. The van der Waals surface area contributed by atoms with Crippen molar-refractivity contribution in [3.63, 3.8) is 0 Å². The van der Waals surface area contributed by atoms with Crippen molar-refractivity contribution in [3.8, 4) is 0 Å². The van der Waals surface area contributed by atoms with Gasteiger partial charge in [-0.3, -0.25) is 0 Å². The molecule has 0 bridgehead atoms. The molecule has 0 aromatic heterocycles. The van der Waals surface area contributed by atoms with Gasteiger partial charge in [0.25, 0.3) is 0 Å². The van der Waals surface area contributed by atoms with Gasteiger partial charge in [-0.1, -0.05) is 18.2 Å². The summed E-state index contributed by atoms with van der Waals surface area (Å²) < 4.78 is 0. The molecule has 0 aliphatic rings. The summed E-state index contributed by atoms with van der Waals surface area (Å²) in [4.78, 5) is 26.7. The zero-order valence-electron chi connectivity index (χ0n) is 6.98. The van der Waals surface area contributed by atoms with Gasteiger partial charge in [0.05, 0.1) is 5.56 Å². The van der Waals surface area contributed by atoms with E-state index in [9.17, 15) is 4.79 Å². The molecule has 0 aliphatic heterocycles. The van der Waals surface area contributed by atoms with Gasteiger partial charge in [0.2, 0.25) is 0 Å². The van der Waals surface area contributed by atoms with E-state index in [0.29, 0.717) is 5.56 Å². The highest BCUT2D eigenvalue weighted by atomic mass is 16.4. The number of carboxylic acids is 1. The molecular weight excluding hydrogens is 172 g/mol. The van der Waals surface area contributed by atoms with Gasteiger partial charge in [0, 0.05) is 0 Å². The van der Waals surface area contributed by atoms with E-state index in [1.165, 1.54) is 0 Å². The molecule has 4 heteroatoms. The zero-order chi connectivity index (χ0) is 10.3. The molecule has 0 amide bonds. The van der Waals surface area contributed by atoms with Gasteiger partial charge in [-0.25, -0.2) is 4.79 Å². The van der Waals surface area contributed by atoms with E-state index >= 15 is 0 Å². The molecule has 0 heterocycles. The lowest BCUT2D eigenvalue weighted by Gasteiger charge is -1.96. The van der Waals surface area contributed by atoms with Gasteiger partial charge in [-0.15, -0.1) is 0 Å². The lowest BCUT2D eigenvalue weighted by molar-refractivity contribution is -0.191. The van der Waals surface area contributed by atoms with Crippen molar-refractivity contribution in [1.82, 2.24) is 0 Å². The summed E-state index contributed by atoms with van der Waals surface area (Å²) in [6.45, 7) is 1.78. The zero-order valence-corrected chi connectivity index (χ0v) is 6.98. The van der Waals surface area contributed by atoms with Crippen molar-refractivity contribution in [1.29, 1.82) is 0 Å². The summed E-state index contributed by atoms with van der Waals surface area (Å²) in [6.07, 6.45) is 0.250. The van der Waals surface area contributed by atoms with Gasteiger partial charge in [0.15, 0.2) is 0 Å². The fraction of sp³-hybridized carbons (Fsp3) is 0.111. The summed E-state index contributed by atoms with van der Waals surface area (Å²) in [6, 6.07) is 6.92. The van der Waals surface area contributed by atoms with Crippen LogP contribution in [0.2, 0.25) is 0 Å². The van der Waals surface area contributed by atoms with Crippen molar-refractivity contribution in [2.24, 2.45) is 0 Å². The van der Waals surface area contributed by atoms with Crippen LogP contribution in [-0.2, 0) is 9.59 Å². The van der Waals surface area contributed by atoms with Gasteiger partial charge >= 0.3 is 12.1 Å². The van der Waals surface area contributed by atoms with Gasteiger partial charge in [0.1, 0.15) is 0 Å². The third kappa shape index (κ3) is 3.84. The van der Waals surface area contributed by atoms with E-state index in [-0.39, 0.29) is 6.15 Å². The summed E-state index contributed by atoms with van der Waals surface area (Å²) in [5.41, 5.74) is 1.18. The Labute approximate surface area is 74.8 Å². The Bertz CT molecular complexity index is 324. The molecule has 0 saturated carbocycles. The highest BCUT2D eigenvalue weighted by Gasteiger charge is 2.02. The van der Waals surface area contributed by atoms with Crippen LogP contribution in [0.5, 0.6) is 0 Å². The van der Waals surface area contributed by atoms with Crippen LogP contribution in [-0.4, -0.2) is 17.2 Å². The number of carbonyl (C=O) groups is 1. The predicted octanol–water partition coefficient (Wildman–Crippen LogP) is 1.11. The minimum Gasteiger partial charge on any atom is -0.478 e. The summed E-state index contributed by atoms with van der Waals surface area (Å²) in [5.74, 6) is -0.863. The highest BCUT2D eigenvalue weighted by Crippen LogP contribution is 2.05. The lowest BCUT2D eigenvalue weighted by Crippen LogP contribution is -1.97. The number of hydrogen-bond acceptors (Lipinski definition) is 3. The van der Waals surface area contributed by atoms with Crippen LogP contribution in [0.3, 0.4) is 0 Å². The van der Waals surface area contributed by atoms with Gasteiger partial charge < -0.3 is 5.11 Å². The van der Waals surface area contributed by atoms with Crippen molar-refractivity contribution in [3.05, 3.63) is 35.4 Å².